The Morgan fingerprint density at radius 2 is 1.50 bits per heavy atom. The summed E-state index contributed by atoms with van der Waals surface area (Å²) in [5, 5.41) is 25.2. The van der Waals surface area contributed by atoms with Gasteiger partial charge in [-0.2, -0.15) is 0 Å². The van der Waals surface area contributed by atoms with E-state index in [2.05, 4.69) is 5.32 Å². The summed E-state index contributed by atoms with van der Waals surface area (Å²) < 4.78 is 13.1. The summed E-state index contributed by atoms with van der Waals surface area (Å²) in [6, 6.07) is 15.9. The van der Waals surface area contributed by atoms with Crippen LogP contribution in [0.15, 0.2) is 72.8 Å². The van der Waals surface area contributed by atoms with Gasteiger partial charge in [-0.3, -0.25) is 25.0 Å². The van der Waals surface area contributed by atoms with E-state index in [1.807, 2.05) is 0 Å². The van der Waals surface area contributed by atoms with Gasteiger partial charge in [0.05, 0.1) is 15.9 Å². The first-order valence-electron chi connectivity index (χ1n) is 8.87. The van der Waals surface area contributed by atoms with Crippen molar-refractivity contribution in [1.82, 2.24) is 0 Å². The topological polar surface area (TPSA) is 115 Å². The summed E-state index contributed by atoms with van der Waals surface area (Å²) >= 11 is 0. The van der Waals surface area contributed by atoms with Gasteiger partial charge >= 0.3 is 0 Å². The molecule has 9 heteroatoms. The zero-order valence-corrected chi connectivity index (χ0v) is 15.5. The third kappa shape index (κ3) is 5.02. The molecule has 1 atom stereocenters. The first kappa shape index (κ1) is 20.6. The minimum absolute atomic E-state index is 0.102. The molecule has 3 rings (SSSR count). The van der Waals surface area contributed by atoms with Gasteiger partial charge in [-0.05, 0) is 35.9 Å². The fourth-order valence-corrected chi connectivity index (χ4v) is 2.96. The van der Waals surface area contributed by atoms with Crippen molar-refractivity contribution >= 4 is 22.8 Å². The molecule has 3 aromatic carbocycles. The maximum Gasteiger partial charge on any atom is 0.271 e. The van der Waals surface area contributed by atoms with E-state index in [1.165, 1.54) is 60.7 Å². The number of rotatable bonds is 8. The van der Waals surface area contributed by atoms with Crippen LogP contribution in [-0.2, 0) is 0 Å². The van der Waals surface area contributed by atoms with Crippen molar-refractivity contribution in [3.05, 3.63) is 110 Å². The number of benzene rings is 3. The lowest BCUT2D eigenvalue weighted by Gasteiger charge is -2.20. The molecule has 3 aromatic rings. The second-order valence-corrected chi connectivity index (χ2v) is 6.49. The van der Waals surface area contributed by atoms with Crippen molar-refractivity contribution in [2.45, 2.75) is 12.5 Å². The molecule has 0 aromatic heterocycles. The van der Waals surface area contributed by atoms with Gasteiger partial charge in [0.25, 0.3) is 11.4 Å². The highest BCUT2D eigenvalue weighted by molar-refractivity contribution is 5.96. The summed E-state index contributed by atoms with van der Waals surface area (Å²) in [5.74, 6) is -0.791. The largest absolute Gasteiger partial charge is 0.378 e. The molecule has 0 aliphatic rings. The molecule has 0 amide bonds. The number of hydrogen-bond acceptors (Lipinski definition) is 6. The van der Waals surface area contributed by atoms with Crippen LogP contribution < -0.4 is 5.32 Å². The van der Waals surface area contributed by atoms with E-state index < -0.39 is 21.7 Å². The number of carbonyl (C=O) groups is 1. The number of non-ortho nitro benzene ring substituents is 2. The zero-order valence-electron chi connectivity index (χ0n) is 15.5. The SMILES string of the molecule is O=C(CC(Nc1cccc([N+](=O)[O-])c1)c1cccc([N+](=O)[O-])c1)c1ccc(F)cc1. The highest BCUT2D eigenvalue weighted by Crippen LogP contribution is 2.28. The Hall–Kier alpha value is -4.14. The van der Waals surface area contributed by atoms with Gasteiger partial charge in [0.15, 0.2) is 5.78 Å². The predicted octanol–water partition coefficient (Wildman–Crippen LogP) is 5.07. The van der Waals surface area contributed by atoms with Crippen molar-refractivity contribution in [2.24, 2.45) is 0 Å². The summed E-state index contributed by atoms with van der Waals surface area (Å²) in [7, 11) is 0. The number of hydrogen-bond donors (Lipinski definition) is 1. The van der Waals surface area contributed by atoms with Crippen LogP contribution >= 0.6 is 0 Å². The summed E-state index contributed by atoms with van der Waals surface area (Å²) in [4.78, 5) is 33.8. The van der Waals surface area contributed by atoms with Crippen LogP contribution in [0, 0.1) is 26.0 Å². The molecule has 0 heterocycles. The van der Waals surface area contributed by atoms with Crippen LogP contribution in [0.2, 0.25) is 0 Å². The van der Waals surface area contributed by atoms with E-state index in [4.69, 9.17) is 0 Å². The molecule has 1 N–H and O–H groups in total. The van der Waals surface area contributed by atoms with Crippen molar-refractivity contribution in [1.29, 1.82) is 0 Å². The first-order valence-corrected chi connectivity index (χ1v) is 8.87. The molecule has 0 fully saturated rings. The van der Waals surface area contributed by atoms with Crippen LogP contribution in [0.25, 0.3) is 0 Å². The Balaban J connectivity index is 1.93. The minimum Gasteiger partial charge on any atom is -0.378 e. The minimum atomic E-state index is -0.704. The van der Waals surface area contributed by atoms with Crippen LogP contribution in [0.3, 0.4) is 0 Å². The van der Waals surface area contributed by atoms with E-state index in [9.17, 15) is 29.4 Å². The number of nitrogens with zero attached hydrogens (tertiary/aromatic N) is 2. The van der Waals surface area contributed by atoms with Gasteiger partial charge in [-0.15, -0.1) is 0 Å². The molecule has 0 radical (unpaired) electrons. The van der Waals surface area contributed by atoms with Crippen molar-refractivity contribution in [2.75, 3.05) is 5.32 Å². The Bertz CT molecular complexity index is 1100. The molecule has 0 saturated heterocycles. The van der Waals surface area contributed by atoms with Crippen LogP contribution in [0.1, 0.15) is 28.4 Å². The average Bonchev–Trinajstić information content (AvgIpc) is 2.74. The fourth-order valence-electron chi connectivity index (χ4n) is 2.96. The van der Waals surface area contributed by atoms with E-state index in [1.54, 1.807) is 12.1 Å². The van der Waals surface area contributed by atoms with Crippen LogP contribution in [0.5, 0.6) is 0 Å². The van der Waals surface area contributed by atoms with E-state index >= 15 is 0 Å². The smallest absolute Gasteiger partial charge is 0.271 e. The molecule has 0 aliphatic carbocycles. The lowest BCUT2D eigenvalue weighted by Crippen LogP contribution is -2.16. The van der Waals surface area contributed by atoms with Crippen molar-refractivity contribution in [3.63, 3.8) is 0 Å². The maximum absolute atomic E-state index is 13.1. The second kappa shape index (κ2) is 8.91. The highest BCUT2D eigenvalue weighted by Gasteiger charge is 2.20. The van der Waals surface area contributed by atoms with Gasteiger partial charge in [0.2, 0.25) is 0 Å². The number of nitro benzene ring substituents is 2. The quantitative estimate of drug-likeness (QED) is 0.315. The van der Waals surface area contributed by atoms with Gasteiger partial charge in [-0.1, -0.05) is 18.2 Å². The molecular formula is C21H16FN3O5. The van der Waals surface area contributed by atoms with Gasteiger partial charge in [0, 0.05) is 41.9 Å². The number of ketones is 1. The standard InChI is InChI=1S/C21H16FN3O5/c22-16-9-7-14(8-10-16)21(26)13-20(15-3-1-5-18(11-15)24(27)28)23-17-4-2-6-19(12-17)25(29)30/h1-12,20,23H,13H2. The predicted molar refractivity (Wildman–Crippen MR) is 108 cm³/mol. The number of nitro groups is 2. The second-order valence-electron chi connectivity index (χ2n) is 6.49. The third-order valence-electron chi connectivity index (χ3n) is 4.44. The van der Waals surface area contributed by atoms with Gasteiger partial charge in [0.1, 0.15) is 5.82 Å². The van der Waals surface area contributed by atoms with Gasteiger partial charge in [-0.25, -0.2) is 4.39 Å². The number of carbonyl (C=O) groups excluding carboxylic acids is 1. The Labute approximate surface area is 170 Å². The van der Waals surface area contributed by atoms with Crippen LogP contribution in [0.4, 0.5) is 21.5 Å². The number of Topliss-reactive ketones (excluding diaryl/α,β-unsaturated/α-hetero) is 1. The average molecular weight is 409 g/mol. The number of halogens is 1. The monoisotopic (exact) mass is 409 g/mol. The molecular weight excluding hydrogens is 393 g/mol. The normalized spacial score (nSPS) is 11.5. The Morgan fingerprint density at radius 3 is 2.13 bits per heavy atom. The summed E-state index contributed by atoms with van der Waals surface area (Å²) in [6.07, 6.45) is -0.102. The molecule has 0 bridgehead atoms. The molecule has 0 saturated carbocycles. The van der Waals surface area contributed by atoms with Gasteiger partial charge < -0.3 is 5.32 Å². The number of nitrogens with one attached hydrogen (secondary N) is 1. The molecule has 30 heavy (non-hydrogen) atoms. The lowest BCUT2D eigenvalue weighted by atomic mass is 9.97. The molecule has 152 valence electrons. The molecule has 1 unspecified atom stereocenters. The Morgan fingerprint density at radius 1 is 0.900 bits per heavy atom. The molecule has 8 nitrogen and oxygen atoms in total. The van der Waals surface area contributed by atoms with E-state index in [-0.39, 0.29) is 29.1 Å². The molecule has 0 spiro atoms. The molecule has 0 aliphatic heterocycles. The summed E-state index contributed by atoms with van der Waals surface area (Å²) in [5.41, 5.74) is 0.849. The van der Waals surface area contributed by atoms with E-state index in [0.29, 0.717) is 11.3 Å². The lowest BCUT2D eigenvalue weighted by molar-refractivity contribution is -0.385. The number of anilines is 1. The van der Waals surface area contributed by atoms with Crippen molar-refractivity contribution in [3.8, 4) is 0 Å². The third-order valence-corrected chi connectivity index (χ3v) is 4.44. The Kier molecular flexibility index (Phi) is 6.11. The highest BCUT2D eigenvalue weighted by atomic mass is 19.1. The first-order chi connectivity index (χ1) is 14.3. The van der Waals surface area contributed by atoms with Crippen LogP contribution in [-0.4, -0.2) is 15.6 Å². The summed E-state index contributed by atoms with van der Waals surface area (Å²) in [6.45, 7) is 0. The van der Waals surface area contributed by atoms with Crippen molar-refractivity contribution < 1.29 is 19.0 Å². The fraction of sp³-hybridized carbons (Fsp3) is 0.0952. The maximum atomic E-state index is 13.1. The zero-order chi connectivity index (χ0) is 21.7. The van der Waals surface area contributed by atoms with E-state index in [0.717, 1.165) is 0 Å².